The van der Waals surface area contributed by atoms with Crippen molar-refractivity contribution in [3.05, 3.63) is 66.1 Å². The van der Waals surface area contributed by atoms with E-state index in [4.69, 9.17) is 9.26 Å². The molecule has 2 aromatic carbocycles. The van der Waals surface area contributed by atoms with Crippen molar-refractivity contribution in [2.24, 2.45) is 0 Å². The third kappa shape index (κ3) is 4.53. The summed E-state index contributed by atoms with van der Waals surface area (Å²) in [6.07, 6.45) is 0.728. The van der Waals surface area contributed by atoms with E-state index in [1.165, 1.54) is 0 Å². The molecule has 1 unspecified atom stereocenters. The zero-order valence-corrected chi connectivity index (χ0v) is 15.8. The van der Waals surface area contributed by atoms with Crippen molar-refractivity contribution in [3.63, 3.8) is 0 Å². The maximum atomic E-state index is 12.5. The molecule has 0 aliphatic heterocycles. The molecule has 1 atom stereocenters. The lowest BCUT2D eigenvalue weighted by atomic mass is 10.1. The molecule has 0 radical (unpaired) electrons. The van der Waals surface area contributed by atoms with Crippen LogP contribution in [0, 0.1) is 0 Å². The number of carbonyl (C=O) groups excluding carboxylic acids is 1. The third-order valence-corrected chi connectivity index (χ3v) is 4.63. The number of hydrogen-bond donors (Lipinski definition) is 0. The predicted octanol–water partition coefficient (Wildman–Crippen LogP) is 3.90. The Bertz CT molecular complexity index is 875. The Morgan fingerprint density at radius 2 is 1.85 bits per heavy atom. The van der Waals surface area contributed by atoms with E-state index in [1.807, 2.05) is 68.6 Å². The summed E-state index contributed by atoms with van der Waals surface area (Å²) in [5.41, 5.74) is 1.94. The summed E-state index contributed by atoms with van der Waals surface area (Å²) in [5, 5.41) is 4.00. The van der Waals surface area contributed by atoms with E-state index >= 15 is 0 Å². The SMILES string of the molecule is COc1ccc(-c2noc(CCC(=O)N(C)C(C)c3ccccc3)n2)cc1. The Kier molecular flexibility index (Phi) is 5.86. The minimum absolute atomic E-state index is 0.0104. The fraction of sp³-hybridized carbons (Fsp3) is 0.286. The number of benzene rings is 2. The minimum Gasteiger partial charge on any atom is -0.497 e. The highest BCUT2D eigenvalue weighted by molar-refractivity contribution is 5.76. The molecule has 1 aromatic heterocycles. The van der Waals surface area contributed by atoms with Crippen LogP contribution in [0.4, 0.5) is 0 Å². The molecule has 0 aliphatic rings. The molecule has 6 heteroatoms. The first kappa shape index (κ1) is 18.6. The van der Waals surface area contributed by atoms with E-state index in [2.05, 4.69) is 10.1 Å². The van der Waals surface area contributed by atoms with Gasteiger partial charge in [-0.2, -0.15) is 4.98 Å². The smallest absolute Gasteiger partial charge is 0.227 e. The summed E-state index contributed by atoms with van der Waals surface area (Å²) >= 11 is 0. The first-order valence-electron chi connectivity index (χ1n) is 8.86. The number of carbonyl (C=O) groups is 1. The first-order valence-corrected chi connectivity index (χ1v) is 8.86. The molecule has 0 saturated carbocycles. The van der Waals surface area contributed by atoms with Crippen LogP contribution < -0.4 is 4.74 Å². The van der Waals surface area contributed by atoms with Crippen molar-refractivity contribution in [2.75, 3.05) is 14.2 Å². The largest absolute Gasteiger partial charge is 0.497 e. The van der Waals surface area contributed by atoms with Crippen LogP contribution in [0.3, 0.4) is 0 Å². The molecular weight excluding hydrogens is 342 g/mol. The van der Waals surface area contributed by atoms with Crippen LogP contribution in [0.25, 0.3) is 11.4 Å². The highest BCUT2D eigenvalue weighted by Crippen LogP contribution is 2.21. The van der Waals surface area contributed by atoms with Gasteiger partial charge in [0, 0.05) is 25.5 Å². The number of amides is 1. The van der Waals surface area contributed by atoms with E-state index < -0.39 is 0 Å². The Labute approximate surface area is 158 Å². The second-order valence-electron chi connectivity index (χ2n) is 6.33. The molecule has 3 aromatic rings. The average Bonchev–Trinajstić information content (AvgIpc) is 3.20. The van der Waals surface area contributed by atoms with Crippen molar-refractivity contribution in [1.82, 2.24) is 15.0 Å². The minimum atomic E-state index is 0.0104. The summed E-state index contributed by atoms with van der Waals surface area (Å²) < 4.78 is 10.4. The second kappa shape index (κ2) is 8.49. The molecule has 0 spiro atoms. The summed E-state index contributed by atoms with van der Waals surface area (Å²) in [7, 11) is 3.44. The van der Waals surface area contributed by atoms with Crippen molar-refractivity contribution in [2.45, 2.75) is 25.8 Å². The van der Waals surface area contributed by atoms with Gasteiger partial charge in [0.05, 0.1) is 13.2 Å². The number of aryl methyl sites for hydroxylation is 1. The molecule has 1 amide bonds. The molecule has 0 N–H and O–H groups in total. The Balaban J connectivity index is 1.58. The molecule has 3 rings (SSSR count). The molecule has 0 fully saturated rings. The van der Waals surface area contributed by atoms with Gasteiger partial charge in [0.1, 0.15) is 5.75 Å². The first-order chi connectivity index (χ1) is 13.1. The monoisotopic (exact) mass is 365 g/mol. The Hall–Kier alpha value is -3.15. The summed E-state index contributed by atoms with van der Waals surface area (Å²) in [4.78, 5) is 18.6. The van der Waals surface area contributed by atoms with E-state index in [0.29, 0.717) is 24.6 Å². The topological polar surface area (TPSA) is 68.5 Å². The highest BCUT2D eigenvalue weighted by atomic mass is 16.5. The molecule has 1 heterocycles. The Morgan fingerprint density at radius 3 is 2.52 bits per heavy atom. The number of aromatic nitrogens is 2. The standard InChI is InChI=1S/C21H23N3O3/c1-15(16-7-5-4-6-8-16)24(2)20(25)14-13-19-22-21(23-27-19)17-9-11-18(26-3)12-10-17/h4-12,15H,13-14H2,1-3H3. The van der Waals surface area contributed by atoms with Gasteiger partial charge in [-0.3, -0.25) is 4.79 Å². The van der Waals surface area contributed by atoms with Crippen LogP contribution >= 0.6 is 0 Å². The van der Waals surface area contributed by atoms with Gasteiger partial charge in [-0.25, -0.2) is 0 Å². The maximum absolute atomic E-state index is 12.5. The van der Waals surface area contributed by atoms with Crippen LogP contribution in [-0.2, 0) is 11.2 Å². The van der Waals surface area contributed by atoms with Gasteiger partial charge in [0.2, 0.25) is 17.6 Å². The van der Waals surface area contributed by atoms with Crippen molar-refractivity contribution in [3.8, 4) is 17.1 Å². The summed E-state index contributed by atoms with van der Waals surface area (Å²) in [5.74, 6) is 1.76. The van der Waals surface area contributed by atoms with Crippen LogP contribution in [0.15, 0.2) is 59.1 Å². The molecule has 0 aliphatic carbocycles. The van der Waals surface area contributed by atoms with Crippen molar-refractivity contribution < 1.29 is 14.1 Å². The zero-order chi connectivity index (χ0) is 19.2. The maximum Gasteiger partial charge on any atom is 0.227 e. The van der Waals surface area contributed by atoms with Gasteiger partial charge in [-0.1, -0.05) is 35.5 Å². The zero-order valence-electron chi connectivity index (χ0n) is 15.8. The van der Waals surface area contributed by atoms with Crippen LogP contribution in [0.5, 0.6) is 5.75 Å². The van der Waals surface area contributed by atoms with Gasteiger partial charge in [0.15, 0.2) is 0 Å². The van der Waals surface area contributed by atoms with Gasteiger partial charge in [-0.15, -0.1) is 0 Å². The number of ether oxygens (including phenoxy) is 1. The van der Waals surface area contributed by atoms with Crippen molar-refractivity contribution in [1.29, 1.82) is 0 Å². The van der Waals surface area contributed by atoms with Gasteiger partial charge in [0.25, 0.3) is 0 Å². The van der Waals surface area contributed by atoms with Gasteiger partial charge < -0.3 is 14.2 Å². The molecule has 0 bridgehead atoms. The van der Waals surface area contributed by atoms with E-state index in [0.717, 1.165) is 16.9 Å². The lowest BCUT2D eigenvalue weighted by Crippen LogP contribution is -2.29. The van der Waals surface area contributed by atoms with E-state index in [9.17, 15) is 4.79 Å². The molecule has 0 saturated heterocycles. The number of hydrogen-bond acceptors (Lipinski definition) is 5. The Morgan fingerprint density at radius 1 is 1.15 bits per heavy atom. The van der Waals surface area contributed by atoms with Crippen LogP contribution in [0.2, 0.25) is 0 Å². The third-order valence-electron chi connectivity index (χ3n) is 4.63. The lowest BCUT2D eigenvalue weighted by molar-refractivity contribution is -0.131. The summed E-state index contributed by atoms with van der Waals surface area (Å²) in [6, 6.07) is 17.4. The lowest BCUT2D eigenvalue weighted by Gasteiger charge is -2.25. The molecule has 6 nitrogen and oxygen atoms in total. The predicted molar refractivity (Wildman–Crippen MR) is 102 cm³/mol. The van der Waals surface area contributed by atoms with E-state index in [-0.39, 0.29) is 11.9 Å². The summed E-state index contributed by atoms with van der Waals surface area (Å²) in [6.45, 7) is 2.02. The van der Waals surface area contributed by atoms with Gasteiger partial charge in [-0.05, 0) is 36.8 Å². The number of rotatable bonds is 7. The molecule has 27 heavy (non-hydrogen) atoms. The van der Waals surface area contributed by atoms with Gasteiger partial charge >= 0.3 is 0 Å². The van der Waals surface area contributed by atoms with Crippen LogP contribution in [0.1, 0.15) is 30.8 Å². The number of nitrogens with zero attached hydrogens (tertiary/aromatic N) is 3. The quantitative estimate of drug-likeness (QED) is 0.635. The second-order valence-corrected chi connectivity index (χ2v) is 6.33. The van der Waals surface area contributed by atoms with E-state index in [1.54, 1.807) is 12.0 Å². The highest BCUT2D eigenvalue weighted by Gasteiger charge is 2.18. The van der Waals surface area contributed by atoms with Crippen LogP contribution in [-0.4, -0.2) is 35.1 Å². The normalized spacial score (nSPS) is 11.8. The number of methoxy groups -OCH3 is 1. The fourth-order valence-electron chi connectivity index (χ4n) is 2.78. The molecular formula is C21H23N3O3. The average molecular weight is 365 g/mol. The fourth-order valence-corrected chi connectivity index (χ4v) is 2.78. The molecule has 140 valence electrons. The van der Waals surface area contributed by atoms with Crippen molar-refractivity contribution >= 4 is 5.91 Å².